The Bertz CT molecular complexity index is 358. The van der Waals surface area contributed by atoms with Crippen molar-refractivity contribution in [2.75, 3.05) is 6.54 Å². The van der Waals surface area contributed by atoms with Crippen molar-refractivity contribution in [2.45, 2.75) is 13.0 Å². The fraction of sp³-hybridized carbons (Fsp3) is 0.300. The van der Waals surface area contributed by atoms with E-state index < -0.39 is 17.7 Å². The minimum Gasteiger partial charge on any atom is -0.298 e. The van der Waals surface area contributed by atoms with Gasteiger partial charge in [-0.2, -0.15) is 5.26 Å². The van der Waals surface area contributed by atoms with Gasteiger partial charge in [0.25, 0.3) is 0 Å². The molecule has 0 saturated carbocycles. The number of nitrogens with zero attached hydrogens (tertiary/aromatic N) is 1. The van der Waals surface area contributed by atoms with Crippen LogP contribution in [0.4, 0.5) is 8.78 Å². The first kappa shape index (κ1) is 10.6. The molecule has 0 heterocycles. The van der Waals surface area contributed by atoms with E-state index in [0.717, 1.165) is 12.1 Å². The molecule has 0 aromatic heterocycles. The minimum atomic E-state index is -0.722. The van der Waals surface area contributed by atoms with Gasteiger partial charge in [-0.1, -0.05) is 13.0 Å². The van der Waals surface area contributed by atoms with Gasteiger partial charge < -0.3 is 0 Å². The molecule has 1 aromatic rings. The monoisotopic (exact) mass is 196 g/mol. The van der Waals surface area contributed by atoms with E-state index in [1.807, 2.05) is 13.0 Å². The number of benzene rings is 1. The Morgan fingerprint density at radius 2 is 2.21 bits per heavy atom. The average Bonchev–Trinajstić information content (AvgIpc) is 2.15. The van der Waals surface area contributed by atoms with Crippen molar-refractivity contribution in [3.8, 4) is 6.07 Å². The van der Waals surface area contributed by atoms with Crippen LogP contribution in [0.3, 0.4) is 0 Å². The van der Waals surface area contributed by atoms with Crippen LogP contribution in [-0.2, 0) is 0 Å². The molecule has 74 valence electrons. The maximum Gasteiger partial charge on any atom is 0.131 e. The molecular formula is C10H10F2N2. The summed E-state index contributed by atoms with van der Waals surface area (Å²) < 4.78 is 25.7. The summed E-state index contributed by atoms with van der Waals surface area (Å²) in [6.07, 6.45) is 0. The van der Waals surface area contributed by atoms with Gasteiger partial charge in [-0.25, -0.2) is 8.78 Å². The lowest BCUT2D eigenvalue weighted by atomic mass is 10.1. The smallest absolute Gasteiger partial charge is 0.131 e. The van der Waals surface area contributed by atoms with Crippen molar-refractivity contribution < 1.29 is 8.78 Å². The van der Waals surface area contributed by atoms with E-state index in [9.17, 15) is 8.78 Å². The van der Waals surface area contributed by atoms with Crippen molar-refractivity contribution in [1.29, 1.82) is 5.26 Å². The van der Waals surface area contributed by atoms with E-state index in [4.69, 9.17) is 5.26 Å². The predicted molar refractivity (Wildman–Crippen MR) is 48.4 cm³/mol. The summed E-state index contributed by atoms with van der Waals surface area (Å²) in [6, 6.07) is 4.38. The van der Waals surface area contributed by atoms with Gasteiger partial charge in [-0.15, -0.1) is 0 Å². The number of hydrogen-bond donors (Lipinski definition) is 1. The second-order valence-electron chi connectivity index (χ2n) is 2.79. The first-order valence-corrected chi connectivity index (χ1v) is 4.27. The van der Waals surface area contributed by atoms with Crippen molar-refractivity contribution in [1.82, 2.24) is 5.32 Å². The molecule has 0 unspecified atom stereocenters. The maximum atomic E-state index is 13.2. The lowest BCUT2D eigenvalue weighted by Crippen LogP contribution is -2.20. The Labute approximate surface area is 81.2 Å². The lowest BCUT2D eigenvalue weighted by Gasteiger charge is -2.10. The fourth-order valence-electron chi connectivity index (χ4n) is 1.16. The molecule has 1 aromatic carbocycles. The molecule has 0 saturated heterocycles. The Hall–Kier alpha value is -1.47. The molecule has 14 heavy (non-hydrogen) atoms. The molecule has 0 bridgehead atoms. The van der Waals surface area contributed by atoms with Gasteiger partial charge in [-0.3, -0.25) is 5.32 Å². The van der Waals surface area contributed by atoms with E-state index in [0.29, 0.717) is 6.54 Å². The summed E-state index contributed by atoms with van der Waals surface area (Å²) in [7, 11) is 0. The lowest BCUT2D eigenvalue weighted by molar-refractivity contribution is 0.549. The number of nitriles is 1. The van der Waals surface area contributed by atoms with Crippen LogP contribution >= 0.6 is 0 Å². The van der Waals surface area contributed by atoms with Crippen LogP contribution in [0.25, 0.3) is 0 Å². The second kappa shape index (κ2) is 4.68. The highest BCUT2D eigenvalue weighted by molar-refractivity contribution is 5.26. The van der Waals surface area contributed by atoms with Gasteiger partial charge in [0.2, 0.25) is 0 Å². The van der Waals surface area contributed by atoms with Gasteiger partial charge in [0.05, 0.1) is 6.07 Å². The summed E-state index contributed by atoms with van der Waals surface area (Å²) in [5, 5.41) is 11.5. The first-order chi connectivity index (χ1) is 6.69. The van der Waals surface area contributed by atoms with Gasteiger partial charge in [0.1, 0.15) is 17.7 Å². The van der Waals surface area contributed by atoms with Crippen molar-refractivity contribution in [3.05, 3.63) is 35.4 Å². The Morgan fingerprint density at radius 3 is 2.71 bits per heavy atom. The van der Waals surface area contributed by atoms with Gasteiger partial charge in [0.15, 0.2) is 0 Å². The molecule has 0 aliphatic carbocycles. The van der Waals surface area contributed by atoms with Gasteiger partial charge >= 0.3 is 0 Å². The summed E-state index contributed by atoms with van der Waals surface area (Å²) in [6.45, 7) is 2.36. The van der Waals surface area contributed by atoms with Crippen LogP contribution in [0.15, 0.2) is 18.2 Å². The molecule has 0 amide bonds. The molecule has 0 aliphatic heterocycles. The third kappa shape index (κ3) is 2.27. The topological polar surface area (TPSA) is 35.8 Å². The Kier molecular flexibility index (Phi) is 3.55. The molecule has 1 atom stereocenters. The van der Waals surface area contributed by atoms with Gasteiger partial charge in [0, 0.05) is 11.6 Å². The molecule has 0 spiro atoms. The first-order valence-electron chi connectivity index (χ1n) is 4.27. The molecule has 2 nitrogen and oxygen atoms in total. The summed E-state index contributed by atoms with van der Waals surface area (Å²) >= 11 is 0. The third-order valence-corrected chi connectivity index (χ3v) is 1.81. The van der Waals surface area contributed by atoms with Crippen LogP contribution in [0.1, 0.15) is 18.5 Å². The molecule has 4 heteroatoms. The molecule has 1 rings (SSSR count). The zero-order valence-electron chi connectivity index (χ0n) is 7.72. The number of hydrogen-bond acceptors (Lipinski definition) is 2. The van der Waals surface area contributed by atoms with Crippen molar-refractivity contribution in [2.24, 2.45) is 0 Å². The second-order valence-corrected chi connectivity index (χ2v) is 2.79. The molecule has 0 aliphatic rings. The molecule has 0 radical (unpaired) electrons. The van der Waals surface area contributed by atoms with Crippen LogP contribution < -0.4 is 5.32 Å². The molecular weight excluding hydrogens is 186 g/mol. The van der Waals surface area contributed by atoms with Crippen LogP contribution in [0.5, 0.6) is 0 Å². The third-order valence-electron chi connectivity index (χ3n) is 1.81. The van der Waals surface area contributed by atoms with E-state index in [2.05, 4.69) is 5.32 Å². The van der Waals surface area contributed by atoms with Crippen LogP contribution in [0, 0.1) is 23.0 Å². The minimum absolute atomic E-state index is 0.177. The highest BCUT2D eigenvalue weighted by Gasteiger charge is 2.13. The SMILES string of the molecule is CCN[C@H](C#N)c1ccc(F)cc1F. The summed E-state index contributed by atoms with van der Waals surface area (Å²) in [4.78, 5) is 0. The zero-order valence-corrected chi connectivity index (χ0v) is 7.72. The quantitative estimate of drug-likeness (QED) is 0.803. The standard InChI is InChI=1S/C10H10F2N2/c1-2-14-10(6-13)8-4-3-7(11)5-9(8)12/h3-5,10,14H,2H2,1H3/t10-/m1/s1. The highest BCUT2D eigenvalue weighted by Crippen LogP contribution is 2.17. The van der Waals surface area contributed by atoms with E-state index >= 15 is 0 Å². The normalized spacial score (nSPS) is 12.1. The average molecular weight is 196 g/mol. The summed E-state index contributed by atoms with van der Waals surface area (Å²) in [5.74, 6) is -1.34. The molecule has 0 fully saturated rings. The Morgan fingerprint density at radius 1 is 1.50 bits per heavy atom. The van der Waals surface area contributed by atoms with E-state index in [1.165, 1.54) is 6.07 Å². The number of halogens is 2. The van der Waals surface area contributed by atoms with Crippen LogP contribution in [-0.4, -0.2) is 6.54 Å². The fourth-order valence-corrected chi connectivity index (χ4v) is 1.16. The van der Waals surface area contributed by atoms with Crippen molar-refractivity contribution >= 4 is 0 Å². The van der Waals surface area contributed by atoms with Crippen molar-refractivity contribution in [3.63, 3.8) is 0 Å². The summed E-state index contributed by atoms with van der Waals surface area (Å²) in [5.41, 5.74) is 0.177. The zero-order chi connectivity index (χ0) is 10.6. The van der Waals surface area contributed by atoms with E-state index in [1.54, 1.807) is 0 Å². The highest BCUT2D eigenvalue weighted by atomic mass is 19.1. The van der Waals surface area contributed by atoms with E-state index in [-0.39, 0.29) is 5.56 Å². The Balaban J connectivity index is 3.00. The number of nitrogens with one attached hydrogen (secondary N) is 1. The van der Waals surface area contributed by atoms with Gasteiger partial charge in [-0.05, 0) is 12.6 Å². The largest absolute Gasteiger partial charge is 0.298 e. The molecule has 1 N–H and O–H groups in total. The van der Waals surface area contributed by atoms with Crippen LogP contribution in [0.2, 0.25) is 0 Å². The predicted octanol–water partition coefficient (Wildman–Crippen LogP) is 2.14. The maximum absolute atomic E-state index is 13.2. The number of rotatable bonds is 3.